The summed E-state index contributed by atoms with van der Waals surface area (Å²) in [5.41, 5.74) is 1.42. The first kappa shape index (κ1) is 17.3. The van der Waals surface area contributed by atoms with Crippen LogP contribution in [0.3, 0.4) is 0 Å². The Morgan fingerprint density at radius 3 is 1.58 bits per heavy atom. The van der Waals surface area contributed by atoms with E-state index in [1.807, 2.05) is 0 Å². The second kappa shape index (κ2) is 9.67. The van der Waals surface area contributed by atoms with Crippen molar-refractivity contribution < 1.29 is 0 Å². The molecule has 0 fully saturated rings. The Morgan fingerprint density at radius 2 is 1.08 bits per heavy atom. The average Bonchev–Trinajstić information content (AvgIpc) is 2.64. The van der Waals surface area contributed by atoms with Crippen molar-refractivity contribution in [3.05, 3.63) is 106 Å². The predicted octanol–water partition coefficient (Wildman–Crippen LogP) is 3.52. The summed E-state index contributed by atoms with van der Waals surface area (Å²) >= 11 is 0.849. The zero-order chi connectivity index (χ0) is 16.5. The summed E-state index contributed by atoms with van der Waals surface area (Å²) in [6.07, 6.45) is 4.75. The first-order chi connectivity index (χ1) is 11.9. The molecule has 0 unspecified atom stereocenters. The quantitative estimate of drug-likeness (QED) is 0.492. The van der Waals surface area contributed by atoms with Gasteiger partial charge < -0.3 is 0 Å². The van der Waals surface area contributed by atoms with Gasteiger partial charge in [0, 0.05) is 0 Å². The second-order valence-electron chi connectivity index (χ2n) is 5.38. The molecule has 0 amide bonds. The van der Waals surface area contributed by atoms with Crippen molar-refractivity contribution >= 4 is 38.8 Å². The first-order valence-corrected chi connectivity index (χ1v) is 11.5. The Kier molecular flexibility index (Phi) is 6.95. The number of hydrogen-bond donors (Lipinski definition) is 0. The zero-order valence-corrected chi connectivity index (χ0v) is 16.9. The van der Waals surface area contributed by atoms with Crippen LogP contribution in [0.5, 0.6) is 0 Å². The van der Waals surface area contributed by atoms with E-state index in [0.29, 0.717) is 29.9 Å². The Morgan fingerprint density at radius 1 is 0.625 bits per heavy atom. The number of allylic oxidation sites excluding steroid dienone is 1. The van der Waals surface area contributed by atoms with Crippen LogP contribution in [0.15, 0.2) is 100 Å². The summed E-state index contributed by atoms with van der Waals surface area (Å²) < 4.78 is 4.56. The molecular weight excluding hydrogens is 422 g/mol. The summed E-state index contributed by atoms with van der Waals surface area (Å²) in [6, 6.07) is 32.6. The third kappa shape index (κ3) is 5.82. The fourth-order valence-corrected chi connectivity index (χ4v) is 8.00. The molecule has 0 saturated carbocycles. The van der Waals surface area contributed by atoms with E-state index in [9.17, 15) is 0 Å². The molecule has 0 atom stereocenters. The fourth-order valence-electron chi connectivity index (χ4n) is 2.31. The fraction of sp³-hybridized carbons (Fsp3) is 0.0909. The summed E-state index contributed by atoms with van der Waals surface area (Å²) in [6.45, 7) is 0. The van der Waals surface area contributed by atoms with E-state index in [1.165, 1.54) is 14.5 Å². The third-order valence-corrected chi connectivity index (χ3v) is 9.00. The molecule has 3 aromatic rings. The summed E-state index contributed by atoms with van der Waals surface area (Å²) in [5, 5.41) is 0. The maximum atomic E-state index is 2.49. The van der Waals surface area contributed by atoms with Crippen LogP contribution in [-0.4, -0.2) is 29.9 Å². The van der Waals surface area contributed by atoms with E-state index in [-0.39, 0.29) is 0 Å². The van der Waals surface area contributed by atoms with Gasteiger partial charge in [0.2, 0.25) is 0 Å². The van der Waals surface area contributed by atoms with Crippen LogP contribution in [0.1, 0.15) is 12.0 Å². The van der Waals surface area contributed by atoms with Gasteiger partial charge in [-0.05, 0) is 0 Å². The van der Waals surface area contributed by atoms with Crippen molar-refractivity contribution in [2.45, 2.75) is 12.8 Å². The van der Waals surface area contributed by atoms with Crippen molar-refractivity contribution in [2.24, 2.45) is 0 Å². The van der Waals surface area contributed by atoms with Gasteiger partial charge in [-0.3, -0.25) is 0 Å². The SMILES string of the molecule is C(CCc1ccccc1)=C([Se]c1ccccc1)[Se]c1ccccc1. The van der Waals surface area contributed by atoms with E-state index in [1.54, 1.807) is 3.37 Å². The number of benzene rings is 3. The molecule has 0 aliphatic carbocycles. The Labute approximate surface area is 157 Å². The Balaban J connectivity index is 1.69. The summed E-state index contributed by atoms with van der Waals surface area (Å²) in [7, 11) is 0. The molecule has 0 spiro atoms. The van der Waals surface area contributed by atoms with Gasteiger partial charge in [0.25, 0.3) is 0 Å². The molecule has 3 rings (SSSR count). The number of aryl methyl sites for hydroxylation is 1. The molecule has 3 aromatic carbocycles. The van der Waals surface area contributed by atoms with Crippen LogP contribution in [0.4, 0.5) is 0 Å². The van der Waals surface area contributed by atoms with E-state index >= 15 is 0 Å². The van der Waals surface area contributed by atoms with Gasteiger partial charge in [0.15, 0.2) is 0 Å². The molecule has 0 nitrogen and oxygen atoms in total. The number of hydrogen-bond acceptors (Lipinski definition) is 0. The zero-order valence-electron chi connectivity index (χ0n) is 13.5. The molecule has 2 heteroatoms. The molecule has 0 aliphatic rings. The number of rotatable bonds is 7. The predicted molar refractivity (Wildman–Crippen MR) is 107 cm³/mol. The minimum atomic E-state index is 0.424. The molecule has 0 heterocycles. The van der Waals surface area contributed by atoms with Gasteiger partial charge >= 0.3 is 158 Å². The van der Waals surface area contributed by atoms with E-state index < -0.39 is 0 Å². The van der Waals surface area contributed by atoms with Gasteiger partial charge in [-0.1, -0.05) is 0 Å². The molecule has 120 valence electrons. The third-order valence-electron chi connectivity index (χ3n) is 3.51. The van der Waals surface area contributed by atoms with Crippen molar-refractivity contribution in [3.8, 4) is 0 Å². The van der Waals surface area contributed by atoms with Crippen molar-refractivity contribution in [2.75, 3.05) is 0 Å². The van der Waals surface area contributed by atoms with Crippen LogP contribution in [-0.2, 0) is 6.42 Å². The van der Waals surface area contributed by atoms with E-state index in [4.69, 9.17) is 0 Å². The molecule has 0 aliphatic heterocycles. The monoisotopic (exact) mass is 444 g/mol. The van der Waals surface area contributed by atoms with Gasteiger partial charge in [-0.25, -0.2) is 0 Å². The van der Waals surface area contributed by atoms with Gasteiger partial charge in [0.05, 0.1) is 0 Å². The molecular formula is C22H20Se2. The Bertz CT molecular complexity index is 706. The topological polar surface area (TPSA) is 0 Å². The van der Waals surface area contributed by atoms with Crippen LogP contribution in [0, 0.1) is 0 Å². The summed E-state index contributed by atoms with van der Waals surface area (Å²) in [5.74, 6) is 0. The van der Waals surface area contributed by atoms with E-state index in [0.717, 1.165) is 12.8 Å². The van der Waals surface area contributed by atoms with Crippen LogP contribution in [0.2, 0.25) is 0 Å². The molecule has 0 radical (unpaired) electrons. The minimum absolute atomic E-state index is 0.424. The summed E-state index contributed by atoms with van der Waals surface area (Å²) in [4.78, 5) is 0. The molecule has 0 aromatic heterocycles. The van der Waals surface area contributed by atoms with E-state index in [2.05, 4.69) is 97.1 Å². The first-order valence-electron chi connectivity index (χ1n) is 8.10. The molecule has 0 saturated heterocycles. The molecule has 24 heavy (non-hydrogen) atoms. The van der Waals surface area contributed by atoms with Gasteiger partial charge in [-0.2, -0.15) is 0 Å². The molecule has 0 bridgehead atoms. The molecule has 0 N–H and O–H groups in total. The Hall–Kier alpha value is -1.56. The standard InChI is InChI=1S/C22H20Se2/c1-4-11-19(12-5-1)13-10-18-22(23-20-14-6-2-7-15-20)24-21-16-8-3-9-17-21/h1-9,11-12,14-18H,10,13H2. The van der Waals surface area contributed by atoms with Crippen LogP contribution in [0.25, 0.3) is 0 Å². The van der Waals surface area contributed by atoms with Crippen molar-refractivity contribution in [3.63, 3.8) is 0 Å². The van der Waals surface area contributed by atoms with Crippen molar-refractivity contribution in [1.82, 2.24) is 0 Å². The average molecular weight is 442 g/mol. The van der Waals surface area contributed by atoms with Crippen LogP contribution >= 0.6 is 0 Å². The van der Waals surface area contributed by atoms with Crippen molar-refractivity contribution in [1.29, 1.82) is 0 Å². The van der Waals surface area contributed by atoms with Gasteiger partial charge in [0.1, 0.15) is 0 Å². The maximum absolute atomic E-state index is 2.49. The second-order valence-corrected chi connectivity index (χ2v) is 11.4. The van der Waals surface area contributed by atoms with Crippen LogP contribution < -0.4 is 8.92 Å². The van der Waals surface area contributed by atoms with Gasteiger partial charge in [-0.15, -0.1) is 0 Å². The normalized spacial score (nSPS) is 10.3.